The highest BCUT2D eigenvalue weighted by atomic mass is 35.5. The summed E-state index contributed by atoms with van der Waals surface area (Å²) in [6, 6.07) is 14.4. The predicted octanol–water partition coefficient (Wildman–Crippen LogP) is 4.58. The molecule has 1 N–H and O–H groups in total. The Labute approximate surface area is 176 Å². The number of carbonyl (C=O) groups excluding carboxylic acids is 2. The third kappa shape index (κ3) is 5.80. The van der Waals surface area contributed by atoms with Crippen molar-refractivity contribution >= 4 is 23.4 Å². The van der Waals surface area contributed by atoms with Crippen LogP contribution in [0.5, 0.6) is 0 Å². The maximum atomic E-state index is 13.5. The fourth-order valence-electron chi connectivity index (χ4n) is 3.83. The number of amides is 2. The van der Waals surface area contributed by atoms with E-state index in [0.29, 0.717) is 5.56 Å². The summed E-state index contributed by atoms with van der Waals surface area (Å²) < 4.78 is 13.5. The second kappa shape index (κ2) is 10.4. The normalized spacial score (nSPS) is 15.5. The Hall–Kier alpha value is -2.40. The average molecular weight is 417 g/mol. The summed E-state index contributed by atoms with van der Waals surface area (Å²) in [5, 5.41) is 3.11. The van der Waals surface area contributed by atoms with Crippen molar-refractivity contribution in [3.8, 4) is 0 Å². The third-order valence-corrected chi connectivity index (χ3v) is 5.56. The molecule has 4 nitrogen and oxygen atoms in total. The van der Waals surface area contributed by atoms with Gasteiger partial charge in [-0.05, 0) is 36.1 Å². The molecule has 1 atom stereocenters. The molecule has 2 aromatic carbocycles. The van der Waals surface area contributed by atoms with Crippen LogP contribution in [-0.2, 0) is 16.1 Å². The summed E-state index contributed by atoms with van der Waals surface area (Å²) in [6.45, 7) is 0.243. The maximum absolute atomic E-state index is 13.5. The summed E-state index contributed by atoms with van der Waals surface area (Å²) in [5.41, 5.74) is 1.46. The van der Waals surface area contributed by atoms with E-state index in [1.165, 1.54) is 23.5 Å². The molecule has 3 rings (SSSR count). The van der Waals surface area contributed by atoms with E-state index < -0.39 is 11.9 Å². The minimum absolute atomic E-state index is 0.101. The molecule has 2 aromatic rings. The number of alkyl halides is 1. The van der Waals surface area contributed by atoms with Crippen LogP contribution in [0.4, 0.5) is 4.39 Å². The molecule has 0 radical (unpaired) electrons. The van der Waals surface area contributed by atoms with Gasteiger partial charge in [-0.2, -0.15) is 0 Å². The molecule has 0 heterocycles. The molecule has 1 saturated carbocycles. The van der Waals surface area contributed by atoms with Gasteiger partial charge in [0, 0.05) is 12.6 Å². The van der Waals surface area contributed by atoms with Crippen LogP contribution >= 0.6 is 11.6 Å². The lowest BCUT2D eigenvalue weighted by Crippen LogP contribution is -2.47. The number of benzene rings is 2. The lowest BCUT2D eigenvalue weighted by atomic mass is 9.94. The first-order valence-electron chi connectivity index (χ1n) is 10.0. The second-order valence-electron chi connectivity index (χ2n) is 7.44. The lowest BCUT2D eigenvalue weighted by Gasteiger charge is -2.33. The van der Waals surface area contributed by atoms with Gasteiger partial charge in [0.1, 0.15) is 17.7 Å². The Morgan fingerprint density at radius 2 is 1.69 bits per heavy atom. The number of hydrogen-bond donors (Lipinski definition) is 1. The number of nitrogens with zero attached hydrogens (tertiary/aromatic N) is 1. The zero-order valence-corrected chi connectivity index (χ0v) is 17.1. The van der Waals surface area contributed by atoms with E-state index in [1.807, 2.05) is 30.3 Å². The van der Waals surface area contributed by atoms with Crippen molar-refractivity contribution < 1.29 is 14.0 Å². The first-order valence-corrected chi connectivity index (χ1v) is 10.6. The molecule has 0 aromatic heterocycles. The summed E-state index contributed by atoms with van der Waals surface area (Å²) >= 11 is 5.88. The number of halogens is 2. The largest absolute Gasteiger partial charge is 0.351 e. The van der Waals surface area contributed by atoms with Crippen LogP contribution in [0.3, 0.4) is 0 Å². The Balaban J connectivity index is 1.92. The van der Waals surface area contributed by atoms with Gasteiger partial charge >= 0.3 is 0 Å². The molecule has 0 aliphatic heterocycles. The smallest absolute Gasteiger partial charge is 0.247 e. The fraction of sp³-hybridized carbons (Fsp3) is 0.391. The van der Waals surface area contributed by atoms with Gasteiger partial charge < -0.3 is 10.2 Å². The average Bonchev–Trinajstić information content (AvgIpc) is 2.75. The predicted molar refractivity (Wildman–Crippen MR) is 112 cm³/mol. The topological polar surface area (TPSA) is 49.4 Å². The zero-order valence-electron chi connectivity index (χ0n) is 16.3. The Morgan fingerprint density at radius 3 is 2.31 bits per heavy atom. The molecular weight excluding hydrogens is 391 g/mol. The van der Waals surface area contributed by atoms with Gasteiger partial charge in [-0.3, -0.25) is 9.59 Å². The Morgan fingerprint density at radius 1 is 1.03 bits per heavy atom. The molecule has 1 fully saturated rings. The molecule has 1 aliphatic rings. The molecule has 1 unspecified atom stereocenters. The molecule has 0 saturated heterocycles. The molecule has 0 spiro atoms. The highest BCUT2D eigenvalue weighted by molar-refractivity contribution is 6.27. The lowest BCUT2D eigenvalue weighted by molar-refractivity contribution is -0.140. The monoisotopic (exact) mass is 416 g/mol. The number of nitrogens with one attached hydrogen (secondary N) is 1. The number of hydrogen-bond acceptors (Lipinski definition) is 2. The van der Waals surface area contributed by atoms with Crippen molar-refractivity contribution in [2.45, 2.75) is 50.7 Å². The Kier molecular flexibility index (Phi) is 7.64. The standard InChI is InChI=1S/C23H26ClFN2O2/c24-15-21(28)27(16-17-7-3-1-4-8-17)22(18-11-13-19(25)14-12-18)23(29)26-20-9-5-2-6-10-20/h1,3-4,7-8,11-14,20,22H,2,5-6,9-10,15-16H2,(H,26,29). The zero-order chi connectivity index (χ0) is 20.6. The highest BCUT2D eigenvalue weighted by Gasteiger charge is 2.32. The van der Waals surface area contributed by atoms with E-state index in [0.717, 1.165) is 31.2 Å². The Bertz CT molecular complexity index is 807. The summed E-state index contributed by atoms with van der Waals surface area (Å²) in [5.74, 6) is -1.22. The van der Waals surface area contributed by atoms with Crippen molar-refractivity contribution in [2.24, 2.45) is 0 Å². The van der Waals surface area contributed by atoms with Gasteiger partial charge in [-0.15, -0.1) is 11.6 Å². The first-order chi connectivity index (χ1) is 14.1. The molecule has 0 bridgehead atoms. The van der Waals surface area contributed by atoms with Crippen molar-refractivity contribution in [1.29, 1.82) is 0 Å². The minimum Gasteiger partial charge on any atom is -0.351 e. The van der Waals surface area contributed by atoms with E-state index in [4.69, 9.17) is 11.6 Å². The molecule has 29 heavy (non-hydrogen) atoms. The van der Waals surface area contributed by atoms with Crippen molar-refractivity contribution in [2.75, 3.05) is 5.88 Å². The van der Waals surface area contributed by atoms with Gasteiger partial charge in [0.05, 0.1) is 0 Å². The van der Waals surface area contributed by atoms with Crippen LogP contribution in [0.25, 0.3) is 0 Å². The summed E-state index contributed by atoms with van der Waals surface area (Å²) in [6.07, 6.45) is 5.22. The minimum atomic E-state index is -0.871. The van der Waals surface area contributed by atoms with Crippen LogP contribution in [-0.4, -0.2) is 28.6 Å². The van der Waals surface area contributed by atoms with Gasteiger partial charge in [0.2, 0.25) is 11.8 Å². The van der Waals surface area contributed by atoms with Crippen molar-refractivity contribution in [1.82, 2.24) is 10.2 Å². The summed E-state index contributed by atoms with van der Waals surface area (Å²) in [4.78, 5) is 27.5. The van der Waals surface area contributed by atoms with Gasteiger partial charge in [-0.25, -0.2) is 4.39 Å². The SMILES string of the molecule is O=C(NC1CCCCC1)C(c1ccc(F)cc1)N(Cc1ccccc1)C(=O)CCl. The van der Waals surface area contributed by atoms with Crippen LogP contribution in [0.2, 0.25) is 0 Å². The van der Waals surface area contributed by atoms with Crippen LogP contribution in [0.15, 0.2) is 54.6 Å². The van der Waals surface area contributed by atoms with E-state index in [9.17, 15) is 14.0 Å². The quantitative estimate of drug-likeness (QED) is 0.671. The molecule has 6 heteroatoms. The molecule has 1 aliphatic carbocycles. The third-order valence-electron chi connectivity index (χ3n) is 5.33. The van der Waals surface area contributed by atoms with Crippen molar-refractivity contribution in [3.63, 3.8) is 0 Å². The second-order valence-corrected chi connectivity index (χ2v) is 7.71. The molecular formula is C23H26ClFN2O2. The van der Waals surface area contributed by atoms with Crippen LogP contribution in [0, 0.1) is 5.82 Å². The molecule has 2 amide bonds. The van der Waals surface area contributed by atoms with E-state index in [1.54, 1.807) is 12.1 Å². The number of rotatable bonds is 7. The highest BCUT2D eigenvalue weighted by Crippen LogP contribution is 2.26. The fourth-order valence-corrected chi connectivity index (χ4v) is 3.98. The van der Waals surface area contributed by atoms with Crippen LogP contribution < -0.4 is 5.32 Å². The van der Waals surface area contributed by atoms with Gasteiger partial charge in [0.25, 0.3) is 0 Å². The van der Waals surface area contributed by atoms with Gasteiger partial charge in [-0.1, -0.05) is 61.7 Å². The first kappa shape index (κ1) is 21.3. The van der Waals surface area contributed by atoms with Crippen molar-refractivity contribution in [3.05, 3.63) is 71.5 Å². The molecule has 154 valence electrons. The van der Waals surface area contributed by atoms with E-state index in [-0.39, 0.29) is 30.3 Å². The number of carbonyl (C=O) groups is 2. The maximum Gasteiger partial charge on any atom is 0.247 e. The van der Waals surface area contributed by atoms with Gasteiger partial charge in [0.15, 0.2) is 0 Å². The summed E-state index contributed by atoms with van der Waals surface area (Å²) in [7, 11) is 0. The van der Waals surface area contributed by atoms with Crippen LogP contribution in [0.1, 0.15) is 49.3 Å². The van der Waals surface area contributed by atoms with E-state index in [2.05, 4.69) is 5.32 Å². The van der Waals surface area contributed by atoms with E-state index >= 15 is 0 Å².